The Morgan fingerprint density at radius 3 is 2.77 bits per heavy atom. The molecule has 0 aliphatic carbocycles. The summed E-state index contributed by atoms with van der Waals surface area (Å²) in [4.78, 5) is 31.6. The summed E-state index contributed by atoms with van der Waals surface area (Å²) in [5, 5.41) is 0. The van der Waals surface area contributed by atoms with Gasteiger partial charge in [-0.15, -0.1) is 0 Å². The molecule has 1 N–H and O–H groups in total. The van der Waals surface area contributed by atoms with E-state index in [-0.39, 0.29) is 29.0 Å². The maximum atomic E-state index is 12.7. The van der Waals surface area contributed by atoms with Crippen LogP contribution in [0.25, 0.3) is 0 Å². The minimum Gasteiger partial charge on any atom is -0.373 e. The minimum atomic E-state index is -0.296. The molecule has 0 spiro atoms. The van der Waals surface area contributed by atoms with Gasteiger partial charge in [0, 0.05) is 38.1 Å². The number of ether oxygens (including phenoxy) is 1. The summed E-state index contributed by atoms with van der Waals surface area (Å²) in [6, 6.07) is 11.7. The number of hydrogen-bond acceptors (Lipinski definition) is 4. The summed E-state index contributed by atoms with van der Waals surface area (Å²) in [5.74, 6) is -0.296. The maximum Gasteiger partial charge on any atom is 0.259 e. The largest absolute Gasteiger partial charge is 0.373 e. The summed E-state index contributed by atoms with van der Waals surface area (Å²) >= 11 is 0. The molecule has 2 atom stereocenters. The van der Waals surface area contributed by atoms with Gasteiger partial charge in [-0.05, 0) is 19.5 Å². The SMILES string of the molecule is Cc1cc(=O)c(C(=O)N(C)C[C@@H]2OCCN(C)[C@H]2c2ccccc2)c[nH]1. The lowest BCUT2D eigenvalue weighted by Crippen LogP contribution is -2.49. The van der Waals surface area contributed by atoms with Crippen molar-refractivity contribution in [3.8, 4) is 0 Å². The summed E-state index contributed by atoms with van der Waals surface area (Å²) in [5.41, 5.74) is 1.78. The number of carbonyl (C=O) groups is 1. The van der Waals surface area contributed by atoms with Crippen LogP contribution in [0.1, 0.15) is 27.7 Å². The van der Waals surface area contributed by atoms with Crippen LogP contribution in [-0.2, 0) is 4.74 Å². The van der Waals surface area contributed by atoms with Crippen molar-refractivity contribution in [3.05, 3.63) is 69.6 Å². The second kappa shape index (κ2) is 7.85. The molecule has 0 bridgehead atoms. The van der Waals surface area contributed by atoms with Crippen molar-refractivity contribution >= 4 is 5.91 Å². The zero-order valence-electron chi connectivity index (χ0n) is 15.4. The normalized spacial score (nSPS) is 20.7. The third-order valence-corrected chi connectivity index (χ3v) is 4.83. The van der Waals surface area contributed by atoms with Crippen LogP contribution in [0.15, 0.2) is 47.4 Å². The standard InChI is InChI=1S/C20H25N3O3/c1-14-11-17(24)16(12-21-14)20(25)23(3)13-18-19(22(2)9-10-26-18)15-7-5-4-6-8-15/h4-8,11-12,18-19H,9-10,13H2,1-3H3,(H,21,24)/t18-,19-/m0/s1. The van der Waals surface area contributed by atoms with Gasteiger partial charge in [-0.3, -0.25) is 14.5 Å². The van der Waals surface area contributed by atoms with Gasteiger partial charge in [-0.25, -0.2) is 0 Å². The van der Waals surface area contributed by atoms with E-state index in [2.05, 4.69) is 29.1 Å². The van der Waals surface area contributed by atoms with Crippen LogP contribution < -0.4 is 5.43 Å². The van der Waals surface area contributed by atoms with Crippen molar-refractivity contribution in [3.63, 3.8) is 0 Å². The molecular formula is C20H25N3O3. The van der Waals surface area contributed by atoms with Crippen LogP contribution >= 0.6 is 0 Å². The monoisotopic (exact) mass is 355 g/mol. The number of aromatic nitrogens is 1. The van der Waals surface area contributed by atoms with Crippen LogP contribution in [0.5, 0.6) is 0 Å². The lowest BCUT2D eigenvalue weighted by molar-refractivity contribution is -0.0708. The van der Waals surface area contributed by atoms with E-state index < -0.39 is 0 Å². The lowest BCUT2D eigenvalue weighted by Gasteiger charge is -2.40. The van der Waals surface area contributed by atoms with Crippen LogP contribution in [0, 0.1) is 6.92 Å². The predicted octanol–water partition coefficient (Wildman–Crippen LogP) is 1.83. The van der Waals surface area contributed by atoms with Crippen molar-refractivity contribution in [2.75, 3.05) is 33.8 Å². The van der Waals surface area contributed by atoms with E-state index >= 15 is 0 Å². The second-order valence-corrected chi connectivity index (χ2v) is 6.82. The van der Waals surface area contributed by atoms with E-state index in [1.54, 1.807) is 18.9 Å². The molecule has 1 fully saturated rings. The Kier molecular flexibility index (Phi) is 5.54. The fourth-order valence-corrected chi connectivity index (χ4v) is 3.43. The summed E-state index contributed by atoms with van der Waals surface area (Å²) in [6.45, 7) is 3.66. The number of benzene rings is 1. The number of morpholine rings is 1. The van der Waals surface area contributed by atoms with Crippen molar-refractivity contribution < 1.29 is 9.53 Å². The maximum absolute atomic E-state index is 12.7. The van der Waals surface area contributed by atoms with Crippen molar-refractivity contribution in [2.45, 2.75) is 19.1 Å². The van der Waals surface area contributed by atoms with Crippen molar-refractivity contribution in [2.24, 2.45) is 0 Å². The quantitative estimate of drug-likeness (QED) is 0.909. The molecule has 1 aliphatic heterocycles. The first kappa shape index (κ1) is 18.4. The molecule has 6 nitrogen and oxygen atoms in total. The van der Waals surface area contributed by atoms with Crippen LogP contribution in [0.2, 0.25) is 0 Å². The Labute approximate surface area is 153 Å². The number of rotatable bonds is 4. The van der Waals surface area contributed by atoms with E-state index in [1.807, 2.05) is 18.2 Å². The highest BCUT2D eigenvalue weighted by Gasteiger charge is 2.33. The predicted molar refractivity (Wildman–Crippen MR) is 100 cm³/mol. The van der Waals surface area contributed by atoms with E-state index in [0.29, 0.717) is 13.2 Å². The number of nitrogens with zero attached hydrogens (tertiary/aromatic N) is 2. The molecule has 1 aromatic heterocycles. The zero-order chi connectivity index (χ0) is 18.7. The van der Waals surface area contributed by atoms with Gasteiger partial charge in [0.1, 0.15) is 5.56 Å². The van der Waals surface area contributed by atoms with Crippen LogP contribution in [0.4, 0.5) is 0 Å². The minimum absolute atomic E-state index is 0.0662. The molecule has 1 aliphatic rings. The number of aromatic amines is 1. The number of aryl methyl sites for hydroxylation is 1. The average Bonchev–Trinajstić information content (AvgIpc) is 2.62. The lowest BCUT2D eigenvalue weighted by atomic mass is 9.98. The molecule has 3 rings (SSSR count). The summed E-state index contributed by atoms with van der Waals surface area (Å²) in [6.07, 6.45) is 1.33. The fraction of sp³-hybridized carbons (Fsp3) is 0.400. The van der Waals surface area contributed by atoms with Crippen LogP contribution in [-0.4, -0.2) is 60.6 Å². The molecular weight excluding hydrogens is 330 g/mol. The van der Waals surface area contributed by atoms with Gasteiger partial charge in [-0.2, -0.15) is 0 Å². The molecule has 2 heterocycles. The number of pyridine rings is 1. The first-order valence-corrected chi connectivity index (χ1v) is 8.79. The van der Waals surface area contributed by atoms with Crippen LogP contribution in [0.3, 0.4) is 0 Å². The van der Waals surface area contributed by atoms with Gasteiger partial charge in [0.05, 0.1) is 18.8 Å². The molecule has 1 amide bonds. The van der Waals surface area contributed by atoms with E-state index in [4.69, 9.17) is 4.74 Å². The van der Waals surface area contributed by atoms with Gasteiger partial charge >= 0.3 is 0 Å². The Balaban J connectivity index is 1.79. The summed E-state index contributed by atoms with van der Waals surface area (Å²) < 4.78 is 6.00. The highest BCUT2D eigenvalue weighted by atomic mass is 16.5. The average molecular weight is 355 g/mol. The summed E-state index contributed by atoms with van der Waals surface area (Å²) in [7, 11) is 3.78. The first-order valence-electron chi connectivity index (χ1n) is 8.79. The number of likely N-dealkylation sites (N-methyl/N-ethyl adjacent to an activating group) is 2. The van der Waals surface area contributed by atoms with E-state index in [1.165, 1.54) is 12.3 Å². The van der Waals surface area contributed by atoms with Gasteiger partial charge < -0.3 is 14.6 Å². The van der Waals surface area contributed by atoms with Crippen molar-refractivity contribution in [1.29, 1.82) is 0 Å². The highest BCUT2D eigenvalue weighted by Crippen LogP contribution is 2.28. The van der Waals surface area contributed by atoms with Gasteiger partial charge in [0.25, 0.3) is 5.91 Å². The number of amides is 1. The Bertz CT molecular complexity index is 819. The second-order valence-electron chi connectivity index (χ2n) is 6.82. The van der Waals surface area contributed by atoms with Gasteiger partial charge in [-0.1, -0.05) is 30.3 Å². The molecule has 1 aromatic carbocycles. The molecule has 0 unspecified atom stereocenters. The molecule has 2 aromatic rings. The first-order chi connectivity index (χ1) is 12.5. The molecule has 138 valence electrons. The highest BCUT2D eigenvalue weighted by molar-refractivity contribution is 5.93. The van der Waals surface area contributed by atoms with Gasteiger partial charge in [0.2, 0.25) is 0 Å². The topological polar surface area (TPSA) is 65.6 Å². The number of H-pyrrole nitrogens is 1. The Hall–Kier alpha value is -2.44. The molecule has 0 saturated carbocycles. The molecule has 1 saturated heterocycles. The van der Waals surface area contributed by atoms with E-state index in [9.17, 15) is 9.59 Å². The molecule has 0 radical (unpaired) electrons. The number of hydrogen-bond donors (Lipinski definition) is 1. The molecule has 6 heteroatoms. The van der Waals surface area contributed by atoms with E-state index in [0.717, 1.165) is 17.8 Å². The zero-order valence-corrected chi connectivity index (χ0v) is 15.4. The Morgan fingerprint density at radius 1 is 1.35 bits per heavy atom. The van der Waals surface area contributed by atoms with Crippen molar-refractivity contribution in [1.82, 2.24) is 14.8 Å². The molecule has 26 heavy (non-hydrogen) atoms. The third-order valence-electron chi connectivity index (χ3n) is 4.83. The smallest absolute Gasteiger partial charge is 0.259 e. The number of carbonyl (C=O) groups excluding carboxylic acids is 1. The fourth-order valence-electron chi connectivity index (χ4n) is 3.43. The number of nitrogens with one attached hydrogen (secondary N) is 1. The Morgan fingerprint density at radius 2 is 2.08 bits per heavy atom. The third kappa shape index (κ3) is 3.86. The van der Waals surface area contributed by atoms with Gasteiger partial charge in [0.15, 0.2) is 5.43 Å².